The van der Waals surface area contributed by atoms with Crippen molar-refractivity contribution in [2.24, 2.45) is 0 Å². The molecule has 1 aromatic heterocycles. The van der Waals surface area contributed by atoms with Gasteiger partial charge in [-0.3, -0.25) is 9.59 Å². The Bertz CT molecular complexity index is 1030. The first-order valence-electron chi connectivity index (χ1n) is 8.70. The smallest absolute Gasteiger partial charge is 0.257 e. The number of aromatic nitrogens is 1. The highest BCUT2D eigenvalue weighted by atomic mass is 79.9. The van der Waals surface area contributed by atoms with Crippen LogP contribution in [0.25, 0.3) is 11.3 Å². The number of thiazole rings is 1. The maximum atomic E-state index is 12.8. The molecule has 9 heteroatoms. The van der Waals surface area contributed by atoms with Crippen LogP contribution in [0.15, 0.2) is 57.3 Å². The minimum Gasteiger partial charge on any atom is -0.356 e. The summed E-state index contributed by atoms with van der Waals surface area (Å²) in [6, 6.07) is 14.7. The number of hydrogen-bond donors (Lipinski definition) is 2. The number of hydrogen-bond acceptors (Lipinski definition) is 5. The summed E-state index contributed by atoms with van der Waals surface area (Å²) in [5.41, 5.74) is 1.91. The van der Waals surface area contributed by atoms with Gasteiger partial charge in [0.15, 0.2) is 4.34 Å². The summed E-state index contributed by atoms with van der Waals surface area (Å²) in [5, 5.41) is 6.66. The van der Waals surface area contributed by atoms with E-state index in [9.17, 15) is 9.59 Å². The van der Waals surface area contributed by atoms with Gasteiger partial charge in [0, 0.05) is 16.6 Å². The van der Waals surface area contributed by atoms with Gasteiger partial charge in [-0.25, -0.2) is 4.98 Å². The average molecular weight is 511 g/mol. The average Bonchev–Trinajstić information content (AvgIpc) is 3.11. The normalized spacial score (nSPS) is 10.6. The molecule has 0 aliphatic heterocycles. The standard InChI is InChI=1S/C20H17BrClN3O2S2/c1-2-23-16(26)11-28-20-24-17(12-6-4-3-5-7-12)19(29-20)25-18(27)14-10-13(21)8-9-15(14)22/h3-10H,2,11H2,1H3,(H,23,26)(H,25,27). The molecule has 3 aromatic rings. The van der Waals surface area contributed by atoms with Crippen molar-refractivity contribution in [2.45, 2.75) is 11.3 Å². The number of nitrogens with zero attached hydrogens (tertiary/aromatic N) is 1. The SMILES string of the molecule is CCNC(=O)CSc1nc(-c2ccccc2)c(NC(=O)c2cc(Br)ccc2Cl)s1. The van der Waals surface area contributed by atoms with Gasteiger partial charge in [0.05, 0.1) is 16.3 Å². The topological polar surface area (TPSA) is 71.1 Å². The maximum absolute atomic E-state index is 12.8. The van der Waals surface area contributed by atoms with E-state index in [1.165, 1.54) is 23.1 Å². The Balaban J connectivity index is 1.88. The number of anilines is 1. The van der Waals surface area contributed by atoms with E-state index in [-0.39, 0.29) is 17.6 Å². The third-order valence-electron chi connectivity index (χ3n) is 3.76. The second kappa shape index (κ2) is 10.2. The van der Waals surface area contributed by atoms with E-state index >= 15 is 0 Å². The third-order valence-corrected chi connectivity index (χ3v) is 6.69. The summed E-state index contributed by atoms with van der Waals surface area (Å²) >= 11 is 12.2. The van der Waals surface area contributed by atoms with Gasteiger partial charge < -0.3 is 10.6 Å². The van der Waals surface area contributed by atoms with Gasteiger partial charge in [-0.15, -0.1) is 0 Å². The fourth-order valence-corrected chi connectivity index (χ4v) is 4.91. The van der Waals surface area contributed by atoms with Crippen LogP contribution in [0.4, 0.5) is 5.00 Å². The summed E-state index contributed by atoms with van der Waals surface area (Å²) in [4.78, 5) is 29.2. The summed E-state index contributed by atoms with van der Waals surface area (Å²) in [7, 11) is 0. The van der Waals surface area contributed by atoms with E-state index in [4.69, 9.17) is 11.6 Å². The van der Waals surface area contributed by atoms with E-state index in [0.717, 1.165) is 10.0 Å². The Kier molecular flexibility index (Phi) is 7.71. The lowest BCUT2D eigenvalue weighted by molar-refractivity contribution is -0.118. The number of rotatable bonds is 7. The Labute approximate surface area is 190 Å². The summed E-state index contributed by atoms with van der Waals surface area (Å²) < 4.78 is 1.46. The molecule has 5 nitrogen and oxygen atoms in total. The van der Waals surface area contributed by atoms with Crippen molar-refractivity contribution in [3.8, 4) is 11.3 Å². The number of carbonyl (C=O) groups is 2. The van der Waals surface area contributed by atoms with Crippen molar-refractivity contribution in [3.63, 3.8) is 0 Å². The Hall–Kier alpha value is -1.87. The van der Waals surface area contributed by atoms with Gasteiger partial charge >= 0.3 is 0 Å². The zero-order valence-electron chi connectivity index (χ0n) is 15.4. The molecule has 29 heavy (non-hydrogen) atoms. The number of benzene rings is 2. The Morgan fingerprint density at radius 1 is 1.21 bits per heavy atom. The molecule has 0 radical (unpaired) electrons. The van der Waals surface area contributed by atoms with Gasteiger partial charge in [0.1, 0.15) is 10.7 Å². The molecule has 2 amide bonds. The van der Waals surface area contributed by atoms with Crippen LogP contribution in [0.3, 0.4) is 0 Å². The molecule has 2 N–H and O–H groups in total. The summed E-state index contributed by atoms with van der Waals surface area (Å²) in [6.07, 6.45) is 0. The Morgan fingerprint density at radius 2 is 1.97 bits per heavy atom. The zero-order valence-corrected chi connectivity index (χ0v) is 19.3. The molecule has 0 aliphatic carbocycles. The first-order valence-corrected chi connectivity index (χ1v) is 11.7. The highest BCUT2D eigenvalue weighted by Crippen LogP contribution is 2.38. The number of carbonyl (C=O) groups excluding carboxylic acids is 2. The second-order valence-corrected chi connectivity index (χ2v) is 9.39. The van der Waals surface area contributed by atoms with E-state index < -0.39 is 0 Å². The molecule has 0 fully saturated rings. The summed E-state index contributed by atoms with van der Waals surface area (Å²) in [6.45, 7) is 2.46. The van der Waals surface area contributed by atoms with Crippen LogP contribution in [0.5, 0.6) is 0 Å². The maximum Gasteiger partial charge on any atom is 0.257 e. The highest BCUT2D eigenvalue weighted by molar-refractivity contribution is 9.10. The van der Waals surface area contributed by atoms with Crippen molar-refractivity contribution in [1.29, 1.82) is 0 Å². The molecule has 0 saturated carbocycles. The van der Waals surface area contributed by atoms with Crippen LogP contribution < -0.4 is 10.6 Å². The molecule has 0 unspecified atom stereocenters. The Morgan fingerprint density at radius 3 is 2.69 bits per heavy atom. The van der Waals surface area contributed by atoms with Crippen LogP contribution in [-0.2, 0) is 4.79 Å². The third kappa shape index (κ3) is 5.82. The summed E-state index contributed by atoms with van der Waals surface area (Å²) in [5.74, 6) is -0.113. The molecular weight excluding hydrogens is 494 g/mol. The van der Waals surface area contributed by atoms with Gasteiger partial charge in [0.25, 0.3) is 5.91 Å². The number of halogens is 2. The fraction of sp³-hybridized carbons (Fsp3) is 0.150. The lowest BCUT2D eigenvalue weighted by atomic mass is 10.1. The number of nitrogens with one attached hydrogen (secondary N) is 2. The monoisotopic (exact) mass is 509 g/mol. The molecule has 2 aromatic carbocycles. The molecule has 1 heterocycles. The zero-order chi connectivity index (χ0) is 20.8. The van der Waals surface area contributed by atoms with Gasteiger partial charge in [-0.2, -0.15) is 0 Å². The van der Waals surface area contributed by atoms with Crippen molar-refractivity contribution in [1.82, 2.24) is 10.3 Å². The van der Waals surface area contributed by atoms with Gasteiger partial charge in [-0.05, 0) is 25.1 Å². The lowest BCUT2D eigenvalue weighted by Crippen LogP contribution is -2.24. The van der Waals surface area contributed by atoms with Crippen LogP contribution in [-0.4, -0.2) is 29.1 Å². The van der Waals surface area contributed by atoms with E-state index in [1.54, 1.807) is 18.2 Å². The van der Waals surface area contributed by atoms with E-state index in [1.807, 2.05) is 37.3 Å². The predicted octanol–water partition coefficient (Wildman–Crippen LogP) is 5.71. The molecule has 0 bridgehead atoms. The molecule has 3 rings (SSSR count). The lowest BCUT2D eigenvalue weighted by Gasteiger charge is -2.07. The molecule has 0 atom stereocenters. The second-order valence-electron chi connectivity index (χ2n) is 5.84. The largest absolute Gasteiger partial charge is 0.356 e. The van der Waals surface area contributed by atoms with Crippen LogP contribution in [0.1, 0.15) is 17.3 Å². The van der Waals surface area contributed by atoms with Crippen LogP contribution in [0.2, 0.25) is 5.02 Å². The van der Waals surface area contributed by atoms with E-state index in [0.29, 0.717) is 32.2 Å². The van der Waals surface area contributed by atoms with Crippen molar-refractivity contribution >= 4 is 67.4 Å². The quantitative estimate of drug-likeness (QED) is 0.400. The molecule has 150 valence electrons. The molecule has 0 spiro atoms. The van der Waals surface area contributed by atoms with Gasteiger partial charge in [0.2, 0.25) is 5.91 Å². The molecule has 0 saturated heterocycles. The predicted molar refractivity (Wildman–Crippen MR) is 124 cm³/mol. The minimum absolute atomic E-state index is 0.0551. The van der Waals surface area contributed by atoms with Crippen molar-refractivity contribution in [3.05, 3.63) is 63.6 Å². The highest BCUT2D eigenvalue weighted by Gasteiger charge is 2.19. The molecular formula is C20H17BrClN3O2S2. The first-order chi connectivity index (χ1) is 14.0. The van der Waals surface area contributed by atoms with E-state index in [2.05, 4.69) is 31.5 Å². The molecule has 0 aliphatic rings. The van der Waals surface area contributed by atoms with Crippen molar-refractivity contribution in [2.75, 3.05) is 17.6 Å². The number of thioether (sulfide) groups is 1. The van der Waals surface area contributed by atoms with Crippen LogP contribution in [0, 0.1) is 0 Å². The number of amides is 2. The minimum atomic E-state index is -0.322. The first kappa shape index (κ1) is 21.8. The van der Waals surface area contributed by atoms with Crippen molar-refractivity contribution < 1.29 is 9.59 Å². The van der Waals surface area contributed by atoms with Gasteiger partial charge in [-0.1, -0.05) is 81.0 Å². The van der Waals surface area contributed by atoms with Crippen LogP contribution >= 0.6 is 50.6 Å². The fourth-order valence-electron chi connectivity index (χ4n) is 2.46.